The predicted molar refractivity (Wildman–Crippen MR) is 120 cm³/mol. The first-order valence-corrected chi connectivity index (χ1v) is 12.0. The first kappa shape index (κ1) is 21.4. The van der Waals surface area contributed by atoms with Gasteiger partial charge in [0.25, 0.3) is 5.69 Å². The maximum atomic E-state index is 12.3. The number of carbonyl (C=O) groups excluding carboxylic acids is 1. The molecule has 2 heterocycles. The lowest BCUT2D eigenvalue weighted by molar-refractivity contribution is -0.384. The van der Waals surface area contributed by atoms with E-state index >= 15 is 0 Å². The second kappa shape index (κ2) is 10.0. The predicted octanol–water partition coefficient (Wildman–Crippen LogP) is 4.69. The minimum atomic E-state index is -0.445. The number of aromatic nitrogens is 4. The molecule has 11 heteroatoms. The molecule has 1 fully saturated rings. The number of hydrogen-bond acceptors (Lipinski definition) is 8. The van der Waals surface area contributed by atoms with Crippen LogP contribution in [-0.2, 0) is 11.2 Å². The number of nitro groups is 1. The molecule has 1 aromatic carbocycles. The molecule has 1 aliphatic rings. The zero-order valence-electron chi connectivity index (χ0n) is 16.7. The number of thiazole rings is 1. The number of rotatable bonds is 9. The smallest absolute Gasteiger partial charge is 0.270 e. The number of nitrogens with zero attached hydrogens (tertiary/aromatic N) is 4. The Kier molecular flexibility index (Phi) is 6.92. The van der Waals surface area contributed by atoms with Crippen LogP contribution in [0.2, 0.25) is 0 Å². The van der Waals surface area contributed by atoms with Crippen LogP contribution in [0.1, 0.15) is 37.9 Å². The quantitative estimate of drug-likeness (QED) is 0.270. The summed E-state index contributed by atoms with van der Waals surface area (Å²) in [5, 5.41) is 23.6. The summed E-state index contributed by atoms with van der Waals surface area (Å²) in [4.78, 5) is 31.6. The van der Waals surface area contributed by atoms with Gasteiger partial charge in [-0.25, -0.2) is 9.97 Å². The SMILES string of the molecule is O=C(CSc1n[nH]c(CCC2CCCC2)n1)Nc1nc(-c2cccc([N+](=O)[O-])c2)cs1. The van der Waals surface area contributed by atoms with Gasteiger partial charge in [-0.1, -0.05) is 49.6 Å². The summed E-state index contributed by atoms with van der Waals surface area (Å²) in [5.74, 6) is 1.64. The highest BCUT2D eigenvalue weighted by molar-refractivity contribution is 7.99. The molecule has 1 saturated carbocycles. The van der Waals surface area contributed by atoms with E-state index in [0.29, 0.717) is 21.5 Å². The number of amides is 1. The summed E-state index contributed by atoms with van der Waals surface area (Å²) in [6.45, 7) is 0. The fraction of sp³-hybridized carbons (Fsp3) is 0.400. The molecule has 1 aliphatic carbocycles. The second-order valence-electron chi connectivity index (χ2n) is 7.44. The number of benzene rings is 1. The lowest BCUT2D eigenvalue weighted by Gasteiger charge is -2.05. The Balaban J connectivity index is 1.26. The van der Waals surface area contributed by atoms with Crippen LogP contribution in [0.5, 0.6) is 0 Å². The van der Waals surface area contributed by atoms with Crippen LogP contribution in [0.15, 0.2) is 34.8 Å². The minimum Gasteiger partial charge on any atom is -0.301 e. The molecule has 162 valence electrons. The van der Waals surface area contributed by atoms with Gasteiger partial charge in [0.15, 0.2) is 5.13 Å². The number of anilines is 1. The monoisotopic (exact) mass is 458 g/mol. The topological polar surface area (TPSA) is 127 Å². The zero-order chi connectivity index (χ0) is 21.6. The van der Waals surface area contributed by atoms with Crippen molar-refractivity contribution in [2.45, 2.75) is 43.7 Å². The molecule has 9 nitrogen and oxygen atoms in total. The van der Waals surface area contributed by atoms with Crippen molar-refractivity contribution >= 4 is 39.8 Å². The van der Waals surface area contributed by atoms with Crippen LogP contribution in [0.3, 0.4) is 0 Å². The van der Waals surface area contributed by atoms with Crippen molar-refractivity contribution in [1.29, 1.82) is 0 Å². The van der Waals surface area contributed by atoms with Gasteiger partial charge >= 0.3 is 0 Å². The van der Waals surface area contributed by atoms with Crippen molar-refractivity contribution in [3.63, 3.8) is 0 Å². The molecule has 2 N–H and O–H groups in total. The Morgan fingerprint density at radius 2 is 2.16 bits per heavy atom. The average Bonchev–Trinajstić information content (AvgIpc) is 3.53. The number of nitro benzene ring substituents is 1. The average molecular weight is 459 g/mol. The largest absolute Gasteiger partial charge is 0.301 e. The molecule has 0 spiro atoms. The molecular formula is C20H22N6O3S2. The lowest BCUT2D eigenvalue weighted by atomic mass is 10.0. The van der Waals surface area contributed by atoms with Gasteiger partial charge in [0.2, 0.25) is 11.1 Å². The number of hydrogen-bond donors (Lipinski definition) is 2. The number of H-pyrrole nitrogens is 1. The van der Waals surface area contributed by atoms with Crippen LogP contribution < -0.4 is 5.32 Å². The molecular weight excluding hydrogens is 436 g/mol. The third-order valence-corrected chi connectivity index (χ3v) is 6.82. The minimum absolute atomic E-state index is 0.00148. The number of non-ortho nitro benzene ring substituents is 1. The van der Waals surface area contributed by atoms with Crippen LogP contribution in [0.25, 0.3) is 11.3 Å². The summed E-state index contributed by atoms with van der Waals surface area (Å²) in [7, 11) is 0. The number of aryl methyl sites for hydroxylation is 1. The van der Waals surface area contributed by atoms with E-state index in [1.165, 1.54) is 60.9 Å². The van der Waals surface area contributed by atoms with Crippen molar-refractivity contribution in [1.82, 2.24) is 20.2 Å². The van der Waals surface area contributed by atoms with E-state index in [-0.39, 0.29) is 17.3 Å². The van der Waals surface area contributed by atoms with Crippen molar-refractivity contribution < 1.29 is 9.72 Å². The molecule has 31 heavy (non-hydrogen) atoms. The fourth-order valence-electron chi connectivity index (χ4n) is 3.62. The highest BCUT2D eigenvalue weighted by Crippen LogP contribution is 2.29. The Morgan fingerprint density at radius 1 is 1.32 bits per heavy atom. The summed E-state index contributed by atoms with van der Waals surface area (Å²) >= 11 is 2.54. The van der Waals surface area contributed by atoms with Crippen LogP contribution in [0, 0.1) is 16.0 Å². The Labute approximate surface area is 187 Å². The Morgan fingerprint density at radius 3 is 2.97 bits per heavy atom. The summed E-state index contributed by atoms with van der Waals surface area (Å²) in [6, 6.07) is 6.25. The fourth-order valence-corrected chi connectivity index (χ4v) is 4.98. The number of nitrogens with one attached hydrogen (secondary N) is 2. The molecule has 1 amide bonds. The second-order valence-corrected chi connectivity index (χ2v) is 9.24. The normalized spacial score (nSPS) is 14.1. The molecule has 0 bridgehead atoms. The highest BCUT2D eigenvalue weighted by Gasteiger charge is 2.16. The maximum Gasteiger partial charge on any atom is 0.270 e. The molecule has 0 atom stereocenters. The molecule has 0 saturated heterocycles. The van der Waals surface area contributed by atoms with Crippen molar-refractivity contribution in [3.05, 3.63) is 45.6 Å². The van der Waals surface area contributed by atoms with Crippen LogP contribution in [0.4, 0.5) is 10.8 Å². The first-order valence-electron chi connectivity index (χ1n) is 10.1. The van der Waals surface area contributed by atoms with E-state index in [2.05, 4.69) is 25.5 Å². The van der Waals surface area contributed by atoms with E-state index < -0.39 is 4.92 Å². The van der Waals surface area contributed by atoms with E-state index in [1.807, 2.05) is 0 Å². The van der Waals surface area contributed by atoms with Crippen LogP contribution in [-0.4, -0.2) is 36.7 Å². The van der Waals surface area contributed by atoms with E-state index in [9.17, 15) is 14.9 Å². The molecule has 2 aromatic heterocycles. The van der Waals surface area contributed by atoms with Crippen molar-refractivity contribution in [2.24, 2.45) is 5.92 Å². The van der Waals surface area contributed by atoms with E-state index in [1.54, 1.807) is 17.5 Å². The standard InChI is InChI=1S/C20H22N6O3S2/c27-18(12-31-20-22-17(24-25-20)9-8-13-4-1-2-5-13)23-19-21-16(11-30-19)14-6-3-7-15(10-14)26(28)29/h3,6-7,10-11,13H,1-2,4-5,8-9,12H2,(H,21,23,27)(H,22,24,25). The van der Waals surface area contributed by atoms with Crippen molar-refractivity contribution in [2.75, 3.05) is 11.1 Å². The Bertz CT molecular complexity index is 1060. The number of aromatic amines is 1. The third-order valence-electron chi connectivity index (χ3n) is 5.21. The van der Waals surface area contributed by atoms with Gasteiger partial charge in [-0.2, -0.15) is 0 Å². The van der Waals surface area contributed by atoms with Gasteiger partial charge < -0.3 is 5.32 Å². The summed E-state index contributed by atoms with van der Waals surface area (Å²) in [6.07, 6.45) is 7.33. The van der Waals surface area contributed by atoms with Gasteiger partial charge in [0.05, 0.1) is 16.4 Å². The Hall–Kier alpha value is -2.79. The van der Waals surface area contributed by atoms with Gasteiger partial charge in [-0.15, -0.1) is 16.4 Å². The molecule has 0 unspecified atom stereocenters. The van der Waals surface area contributed by atoms with E-state index in [4.69, 9.17) is 0 Å². The van der Waals surface area contributed by atoms with Crippen LogP contribution >= 0.6 is 23.1 Å². The van der Waals surface area contributed by atoms with Gasteiger partial charge in [0, 0.05) is 29.5 Å². The van der Waals surface area contributed by atoms with Gasteiger partial charge in [-0.3, -0.25) is 20.0 Å². The maximum absolute atomic E-state index is 12.3. The molecule has 3 aromatic rings. The first-order chi connectivity index (χ1) is 15.1. The van der Waals surface area contributed by atoms with Crippen molar-refractivity contribution in [3.8, 4) is 11.3 Å². The van der Waals surface area contributed by atoms with E-state index in [0.717, 1.165) is 24.6 Å². The van der Waals surface area contributed by atoms with Gasteiger partial charge in [0.1, 0.15) is 5.82 Å². The number of thioether (sulfide) groups is 1. The zero-order valence-corrected chi connectivity index (χ0v) is 18.4. The highest BCUT2D eigenvalue weighted by atomic mass is 32.2. The third kappa shape index (κ3) is 5.88. The number of carbonyl (C=O) groups is 1. The molecule has 0 aliphatic heterocycles. The summed E-state index contributed by atoms with van der Waals surface area (Å²) in [5.41, 5.74) is 1.21. The summed E-state index contributed by atoms with van der Waals surface area (Å²) < 4.78 is 0. The van der Waals surface area contributed by atoms with Gasteiger partial charge in [-0.05, 0) is 12.3 Å². The molecule has 4 rings (SSSR count). The molecule has 0 radical (unpaired) electrons. The lowest BCUT2D eigenvalue weighted by Crippen LogP contribution is -2.13.